The number of hydrogen-bond donors (Lipinski definition) is 1. The summed E-state index contributed by atoms with van der Waals surface area (Å²) in [5.41, 5.74) is 2.53. The predicted molar refractivity (Wildman–Crippen MR) is 81.7 cm³/mol. The normalized spacial score (nSPS) is 15.1. The second-order valence-electron chi connectivity index (χ2n) is 5.38. The van der Waals surface area contributed by atoms with Crippen molar-refractivity contribution in [3.8, 4) is 0 Å². The van der Waals surface area contributed by atoms with Gasteiger partial charge in [0.2, 0.25) is 12.3 Å². The molecule has 0 radical (unpaired) electrons. The third-order valence-corrected chi connectivity index (χ3v) is 3.91. The van der Waals surface area contributed by atoms with Crippen molar-refractivity contribution < 1.29 is 9.59 Å². The first kappa shape index (κ1) is 15.5. The molecule has 0 bridgehead atoms. The molecule has 0 aromatic heterocycles. The molecule has 2 amide bonds. The van der Waals surface area contributed by atoms with Crippen LogP contribution in [0.5, 0.6) is 0 Å². The van der Waals surface area contributed by atoms with Gasteiger partial charge in [-0.05, 0) is 18.1 Å². The molecule has 5 nitrogen and oxygen atoms in total. The second kappa shape index (κ2) is 7.78. The van der Waals surface area contributed by atoms with Crippen LogP contribution in [0.3, 0.4) is 0 Å². The van der Waals surface area contributed by atoms with Crippen molar-refractivity contribution in [1.29, 1.82) is 0 Å². The third-order valence-electron chi connectivity index (χ3n) is 3.91. The van der Waals surface area contributed by atoms with E-state index < -0.39 is 0 Å². The van der Waals surface area contributed by atoms with Crippen LogP contribution >= 0.6 is 0 Å². The first-order valence-corrected chi connectivity index (χ1v) is 7.43. The van der Waals surface area contributed by atoms with Gasteiger partial charge in [-0.2, -0.15) is 0 Å². The highest BCUT2D eigenvalue weighted by molar-refractivity contribution is 5.76. The van der Waals surface area contributed by atoms with Crippen molar-refractivity contribution in [3.63, 3.8) is 0 Å². The van der Waals surface area contributed by atoms with Crippen LogP contribution in [-0.2, 0) is 16.1 Å². The Bertz CT molecular complexity index is 482. The number of nitrogens with one attached hydrogen (secondary N) is 1. The highest BCUT2D eigenvalue weighted by Crippen LogP contribution is 2.06. The van der Waals surface area contributed by atoms with E-state index in [0.29, 0.717) is 39.1 Å². The molecule has 1 aromatic rings. The lowest BCUT2D eigenvalue weighted by Crippen LogP contribution is -2.48. The van der Waals surface area contributed by atoms with Crippen LogP contribution in [0.1, 0.15) is 17.5 Å². The summed E-state index contributed by atoms with van der Waals surface area (Å²) >= 11 is 0. The van der Waals surface area contributed by atoms with E-state index in [4.69, 9.17) is 0 Å². The molecule has 0 aliphatic carbocycles. The summed E-state index contributed by atoms with van der Waals surface area (Å²) < 4.78 is 0. The van der Waals surface area contributed by atoms with Gasteiger partial charge in [-0.1, -0.05) is 24.3 Å². The average molecular weight is 289 g/mol. The van der Waals surface area contributed by atoms with Gasteiger partial charge in [0.05, 0.1) is 0 Å². The SMILES string of the molecule is Cc1ccccc1CNCCC(=O)N1CCN(C=O)CC1. The lowest BCUT2D eigenvalue weighted by atomic mass is 10.1. The van der Waals surface area contributed by atoms with E-state index >= 15 is 0 Å². The highest BCUT2D eigenvalue weighted by atomic mass is 16.2. The number of piperazine rings is 1. The Labute approximate surface area is 125 Å². The Balaban J connectivity index is 1.66. The van der Waals surface area contributed by atoms with Crippen molar-refractivity contribution in [2.75, 3.05) is 32.7 Å². The summed E-state index contributed by atoms with van der Waals surface area (Å²) in [5, 5.41) is 3.32. The smallest absolute Gasteiger partial charge is 0.223 e. The summed E-state index contributed by atoms with van der Waals surface area (Å²) in [6.45, 7) is 6.15. The molecule has 1 saturated heterocycles. The number of aryl methyl sites for hydroxylation is 1. The molecule has 2 rings (SSSR count). The van der Waals surface area contributed by atoms with Crippen LogP contribution in [0.4, 0.5) is 0 Å². The topological polar surface area (TPSA) is 52.7 Å². The van der Waals surface area contributed by atoms with Crippen molar-refractivity contribution in [3.05, 3.63) is 35.4 Å². The standard InChI is InChI=1S/C16H23N3O2/c1-14-4-2-3-5-15(14)12-17-7-6-16(21)19-10-8-18(13-20)9-11-19/h2-5,13,17H,6-12H2,1H3. The Morgan fingerprint density at radius 3 is 2.62 bits per heavy atom. The fraction of sp³-hybridized carbons (Fsp3) is 0.500. The first-order chi connectivity index (χ1) is 10.2. The highest BCUT2D eigenvalue weighted by Gasteiger charge is 2.19. The van der Waals surface area contributed by atoms with E-state index in [9.17, 15) is 9.59 Å². The van der Waals surface area contributed by atoms with Crippen molar-refractivity contribution in [1.82, 2.24) is 15.1 Å². The average Bonchev–Trinajstić information content (AvgIpc) is 2.53. The van der Waals surface area contributed by atoms with Crippen LogP contribution < -0.4 is 5.32 Å². The molecule has 1 heterocycles. The van der Waals surface area contributed by atoms with Gasteiger partial charge in [0.1, 0.15) is 0 Å². The zero-order valence-electron chi connectivity index (χ0n) is 12.5. The van der Waals surface area contributed by atoms with Crippen LogP contribution in [0.2, 0.25) is 0 Å². The van der Waals surface area contributed by atoms with E-state index in [1.807, 2.05) is 17.0 Å². The van der Waals surface area contributed by atoms with Gasteiger partial charge < -0.3 is 15.1 Å². The number of amides is 2. The van der Waals surface area contributed by atoms with Gasteiger partial charge in [0.25, 0.3) is 0 Å². The molecule has 1 aliphatic heterocycles. The molecule has 1 N–H and O–H groups in total. The summed E-state index contributed by atoms with van der Waals surface area (Å²) in [7, 11) is 0. The maximum absolute atomic E-state index is 12.1. The molecule has 0 atom stereocenters. The number of hydrogen-bond acceptors (Lipinski definition) is 3. The molecular formula is C16H23N3O2. The van der Waals surface area contributed by atoms with E-state index in [1.54, 1.807) is 4.90 Å². The monoisotopic (exact) mass is 289 g/mol. The predicted octanol–water partition coefficient (Wildman–Crippen LogP) is 0.775. The molecule has 0 spiro atoms. The lowest BCUT2D eigenvalue weighted by molar-refractivity contribution is -0.135. The molecule has 114 valence electrons. The number of carbonyl (C=O) groups excluding carboxylic acids is 2. The summed E-state index contributed by atoms with van der Waals surface area (Å²) in [5.74, 6) is 0.165. The minimum Gasteiger partial charge on any atom is -0.342 e. The quantitative estimate of drug-likeness (QED) is 0.622. The fourth-order valence-electron chi connectivity index (χ4n) is 2.46. The van der Waals surface area contributed by atoms with Gasteiger partial charge in [0, 0.05) is 45.7 Å². The van der Waals surface area contributed by atoms with Crippen molar-refractivity contribution >= 4 is 12.3 Å². The minimum absolute atomic E-state index is 0.165. The van der Waals surface area contributed by atoms with Crippen LogP contribution in [-0.4, -0.2) is 54.8 Å². The van der Waals surface area contributed by atoms with Crippen molar-refractivity contribution in [2.45, 2.75) is 19.9 Å². The molecule has 0 saturated carbocycles. The number of benzene rings is 1. The molecule has 5 heteroatoms. The molecule has 0 unspecified atom stereocenters. The van der Waals surface area contributed by atoms with Crippen molar-refractivity contribution in [2.24, 2.45) is 0 Å². The van der Waals surface area contributed by atoms with Gasteiger partial charge in [-0.3, -0.25) is 9.59 Å². The molecule has 1 aromatic carbocycles. The number of rotatable bonds is 6. The number of carbonyl (C=O) groups is 2. The number of nitrogens with zero attached hydrogens (tertiary/aromatic N) is 2. The van der Waals surface area contributed by atoms with Gasteiger partial charge in [-0.25, -0.2) is 0 Å². The first-order valence-electron chi connectivity index (χ1n) is 7.43. The van der Waals surface area contributed by atoms with Crippen LogP contribution in [0.15, 0.2) is 24.3 Å². The van der Waals surface area contributed by atoms with E-state index in [0.717, 1.165) is 13.0 Å². The maximum atomic E-state index is 12.1. The zero-order chi connectivity index (χ0) is 15.1. The minimum atomic E-state index is 0.165. The summed E-state index contributed by atoms with van der Waals surface area (Å²) in [6, 6.07) is 8.25. The van der Waals surface area contributed by atoms with E-state index in [1.165, 1.54) is 11.1 Å². The lowest BCUT2D eigenvalue weighted by Gasteiger charge is -2.32. The maximum Gasteiger partial charge on any atom is 0.223 e. The molecule has 1 aliphatic rings. The molecule has 1 fully saturated rings. The Kier molecular flexibility index (Phi) is 5.75. The third kappa shape index (κ3) is 4.56. The Hall–Kier alpha value is -1.88. The van der Waals surface area contributed by atoms with Gasteiger partial charge in [0.15, 0.2) is 0 Å². The Morgan fingerprint density at radius 2 is 1.95 bits per heavy atom. The van der Waals surface area contributed by atoms with E-state index in [2.05, 4.69) is 24.4 Å². The van der Waals surface area contributed by atoms with Crippen LogP contribution in [0, 0.1) is 6.92 Å². The van der Waals surface area contributed by atoms with E-state index in [-0.39, 0.29) is 5.91 Å². The second-order valence-corrected chi connectivity index (χ2v) is 5.38. The summed E-state index contributed by atoms with van der Waals surface area (Å²) in [4.78, 5) is 26.2. The molecule has 21 heavy (non-hydrogen) atoms. The largest absolute Gasteiger partial charge is 0.342 e. The molecular weight excluding hydrogens is 266 g/mol. The van der Waals surface area contributed by atoms with Gasteiger partial charge >= 0.3 is 0 Å². The van der Waals surface area contributed by atoms with Gasteiger partial charge in [-0.15, -0.1) is 0 Å². The summed E-state index contributed by atoms with van der Waals surface area (Å²) in [6.07, 6.45) is 1.36. The Morgan fingerprint density at radius 1 is 1.24 bits per heavy atom. The fourth-order valence-corrected chi connectivity index (χ4v) is 2.46. The van der Waals surface area contributed by atoms with Crippen LogP contribution in [0.25, 0.3) is 0 Å². The zero-order valence-corrected chi connectivity index (χ0v) is 12.5.